The van der Waals surface area contributed by atoms with Crippen LogP contribution in [0.1, 0.15) is 6.92 Å². The molecular weight excluding hydrogens is 270 g/mol. The Morgan fingerprint density at radius 2 is 1.83 bits per heavy atom. The summed E-state index contributed by atoms with van der Waals surface area (Å²) >= 11 is 1.16. The van der Waals surface area contributed by atoms with Crippen molar-refractivity contribution in [3.05, 3.63) is 36.4 Å². The van der Waals surface area contributed by atoms with E-state index in [9.17, 15) is 8.42 Å². The van der Waals surface area contributed by atoms with Gasteiger partial charge in [0.15, 0.2) is 0 Å². The van der Waals surface area contributed by atoms with Crippen molar-refractivity contribution in [2.45, 2.75) is 11.1 Å². The number of nitrogens with two attached hydrogens (primary N) is 1. The van der Waals surface area contributed by atoms with Gasteiger partial charge < -0.3 is 4.74 Å². The highest BCUT2D eigenvalue weighted by Crippen LogP contribution is 2.31. The second-order valence-electron chi connectivity index (χ2n) is 3.62. The van der Waals surface area contributed by atoms with E-state index in [1.165, 1.54) is 6.07 Å². The van der Waals surface area contributed by atoms with Crippen molar-refractivity contribution in [3.63, 3.8) is 0 Å². The maximum Gasteiger partial charge on any atom is 0.247 e. The van der Waals surface area contributed by atoms with E-state index in [1.54, 1.807) is 6.07 Å². The largest absolute Gasteiger partial charge is 0.494 e. The first-order valence-corrected chi connectivity index (χ1v) is 7.73. The van der Waals surface area contributed by atoms with Crippen LogP contribution in [0.15, 0.2) is 40.6 Å². The van der Waals surface area contributed by atoms with Crippen LogP contribution < -0.4 is 9.88 Å². The number of hydrogen-bond donors (Lipinski definition) is 1. The topological polar surface area (TPSA) is 69.4 Å². The third-order valence-corrected chi connectivity index (χ3v) is 4.88. The molecule has 0 aliphatic rings. The van der Waals surface area contributed by atoms with E-state index in [-0.39, 0.29) is 4.21 Å². The summed E-state index contributed by atoms with van der Waals surface area (Å²) in [6, 6.07) is 10.8. The average molecular weight is 283 g/mol. The Hall–Kier alpha value is -1.37. The van der Waals surface area contributed by atoms with Crippen molar-refractivity contribution in [2.75, 3.05) is 6.61 Å². The van der Waals surface area contributed by atoms with Crippen LogP contribution >= 0.6 is 11.3 Å². The molecule has 6 heteroatoms. The van der Waals surface area contributed by atoms with Crippen LogP contribution in [0.4, 0.5) is 0 Å². The summed E-state index contributed by atoms with van der Waals surface area (Å²) in [5, 5.41) is 5.07. The fourth-order valence-corrected chi connectivity index (χ4v) is 3.24. The zero-order valence-electron chi connectivity index (χ0n) is 9.79. The highest BCUT2D eigenvalue weighted by atomic mass is 32.2. The molecule has 0 aliphatic carbocycles. The lowest BCUT2D eigenvalue weighted by molar-refractivity contribution is 0.340. The Morgan fingerprint density at radius 3 is 2.33 bits per heavy atom. The van der Waals surface area contributed by atoms with Crippen LogP contribution in [-0.4, -0.2) is 15.0 Å². The first kappa shape index (κ1) is 13.1. The molecular formula is C12H13NO3S2. The van der Waals surface area contributed by atoms with Crippen molar-refractivity contribution in [1.82, 2.24) is 0 Å². The number of benzene rings is 1. The zero-order chi connectivity index (χ0) is 13.2. The Kier molecular flexibility index (Phi) is 3.70. The van der Waals surface area contributed by atoms with E-state index in [4.69, 9.17) is 9.88 Å². The van der Waals surface area contributed by atoms with Gasteiger partial charge in [0, 0.05) is 4.88 Å². The second kappa shape index (κ2) is 5.09. The van der Waals surface area contributed by atoms with Crippen molar-refractivity contribution in [2.24, 2.45) is 5.14 Å². The number of hydrogen-bond acceptors (Lipinski definition) is 4. The molecule has 0 aliphatic heterocycles. The Balaban J connectivity index is 2.29. The molecule has 1 aromatic carbocycles. The van der Waals surface area contributed by atoms with Gasteiger partial charge in [-0.15, -0.1) is 11.3 Å². The van der Waals surface area contributed by atoms with Gasteiger partial charge in [-0.05, 0) is 48.9 Å². The molecule has 1 aromatic heterocycles. The van der Waals surface area contributed by atoms with Gasteiger partial charge in [-0.1, -0.05) is 0 Å². The van der Waals surface area contributed by atoms with Crippen LogP contribution in [0.25, 0.3) is 10.4 Å². The Labute approximate surface area is 110 Å². The van der Waals surface area contributed by atoms with Crippen molar-refractivity contribution in [3.8, 4) is 16.2 Å². The third-order valence-electron chi connectivity index (χ3n) is 2.31. The minimum absolute atomic E-state index is 0.173. The van der Waals surface area contributed by atoms with E-state index >= 15 is 0 Å². The van der Waals surface area contributed by atoms with Crippen molar-refractivity contribution >= 4 is 21.4 Å². The molecule has 0 saturated carbocycles. The second-order valence-corrected chi connectivity index (χ2v) is 6.49. The van der Waals surface area contributed by atoms with Crippen molar-refractivity contribution in [1.29, 1.82) is 0 Å². The van der Waals surface area contributed by atoms with Gasteiger partial charge in [0.05, 0.1) is 6.61 Å². The SMILES string of the molecule is CCOc1ccc(-c2ccc(S(N)(=O)=O)s2)cc1. The summed E-state index contributed by atoms with van der Waals surface area (Å²) in [4.78, 5) is 0.863. The van der Waals surface area contributed by atoms with Gasteiger partial charge >= 0.3 is 0 Å². The molecule has 2 rings (SSSR count). The van der Waals surface area contributed by atoms with E-state index < -0.39 is 10.0 Å². The molecule has 0 amide bonds. The fourth-order valence-electron chi connectivity index (χ4n) is 1.51. The molecule has 96 valence electrons. The van der Waals surface area contributed by atoms with Crippen LogP contribution in [0.3, 0.4) is 0 Å². The normalized spacial score (nSPS) is 11.4. The molecule has 0 radical (unpaired) electrons. The lowest BCUT2D eigenvalue weighted by Gasteiger charge is -2.03. The number of thiophene rings is 1. The smallest absolute Gasteiger partial charge is 0.247 e. The Morgan fingerprint density at radius 1 is 1.17 bits per heavy atom. The van der Waals surface area contributed by atoms with E-state index in [1.807, 2.05) is 31.2 Å². The van der Waals surface area contributed by atoms with Gasteiger partial charge in [-0.3, -0.25) is 0 Å². The van der Waals surface area contributed by atoms with Crippen LogP contribution in [0, 0.1) is 0 Å². The maximum atomic E-state index is 11.2. The van der Waals surface area contributed by atoms with Gasteiger partial charge in [0.25, 0.3) is 0 Å². The molecule has 0 atom stereocenters. The number of primary sulfonamides is 1. The van der Waals surface area contributed by atoms with Crippen molar-refractivity contribution < 1.29 is 13.2 Å². The maximum absolute atomic E-state index is 11.2. The van der Waals surface area contributed by atoms with Gasteiger partial charge in [0.2, 0.25) is 10.0 Å². The number of ether oxygens (including phenoxy) is 1. The number of rotatable bonds is 4. The molecule has 2 aromatic rings. The standard InChI is InChI=1S/C12H13NO3S2/c1-2-16-10-5-3-9(4-6-10)11-7-8-12(17-11)18(13,14)15/h3-8H,2H2,1H3,(H2,13,14,15). The van der Waals surface area contributed by atoms with Crippen LogP contribution in [-0.2, 0) is 10.0 Å². The highest BCUT2D eigenvalue weighted by molar-refractivity contribution is 7.91. The molecule has 0 bridgehead atoms. The molecule has 4 nitrogen and oxygen atoms in total. The third kappa shape index (κ3) is 2.90. The summed E-state index contributed by atoms with van der Waals surface area (Å²) < 4.78 is 27.9. The molecule has 18 heavy (non-hydrogen) atoms. The quantitative estimate of drug-likeness (QED) is 0.937. The zero-order valence-corrected chi connectivity index (χ0v) is 11.4. The minimum atomic E-state index is -3.61. The van der Waals surface area contributed by atoms with E-state index in [0.29, 0.717) is 6.61 Å². The molecule has 2 N–H and O–H groups in total. The van der Waals surface area contributed by atoms with Gasteiger partial charge in [-0.25, -0.2) is 13.6 Å². The summed E-state index contributed by atoms with van der Waals surface area (Å²) in [5.41, 5.74) is 0.943. The van der Waals surface area contributed by atoms with Gasteiger partial charge in [0.1, 0.15) is 9.96 Å². The van der Waals surface area contributed by atoms with Crippen LogP contribution in [0.2, 0.25) is 0 Å². The first-order valence-electron chi connectivity index (χ1n) is 5.36. The Bertz CT molecular complexity index is 630. The molecule has 0 spiro atoms. The molecule has 0 fully saturated rings. The predicted octanol–water partition coefficient (Wildman–Crippen LogP) is 2.46. The summed E-state index contributed by atoms with van der Waals surface area (Å²) in [5.74, 6) is 0.796. The van der Waals surface area contributed by atoms with E-state index in [0.717, 1.165) is 27.5 Å². The summed E-state index contributed by atoms with van der Waals surface area (Å²) in [6.07, 6.45) is 0. The minimum Gasteiger partial charge on any atom is -0.494 e. The monoisotopic (exact) mass is 283 g/mol. The van der Waals surface area contributed by atoms with Crippen LogP contribution in [0.5, 0.6) is 5.75 Å². The summed E-state index contributed by atoms with van der Waals surface area (Å²) in [6.45, 7) is 2.54. The van der Waals surface area contributed by atoms with E-state index in [2.05, 4.69) is 0 Å². The predicted molar refractivity (Wildman–Crippen MR) is 72.3 cm³/mol. The molecule has 1 heterocycles. The fraction of sp³-hybridized carbons (Fsp3) is 0.167. The average Bonchev–Trinajstić information content (AvgIpc) is 2.79. The van der Waals surface area contributed by atoms with Gasteiger partial charge in [-0.2, -0.15) is 0 Å². The molecule has 0 saturated heterocycles. The molecule has 0 unspecified atom stereocenters. The number of sulfonamides is 1. The summed E-state index contributed by atoms with van der Waals surface area (Å²) in [7, 11) is -3.61. The lowest BCUT2D eigenvalue weighted by atomic mass is 10.2. The lowest BCUT2D eigenvalue weighted by Crippen LogP contribution is -2.09. The first-order chi connectivity index (χ1) is 8.50. The highest BCUT2D eigenvalue weighted by Gasteiger charge is 2.11.